The van der Waals surface area contributed by atoms with E-state index in [1.807, 2.05) is 4.90 Å². The molecule has 0 aromatic heterocycles. The van der Waals surface area contributed by atoms with Crippen molar-refractivity contribution in [2.24, 2.45) is 0 Å². The van der Waals surface area contributed by atoms with Crippen molar-refractivity contribution in [1.29, 1.82) is 0 Å². The second kappa shape index (κ2) is 7.18. The summed E-state index contributed by atoms with van der Waals surface area (Å²) < 4.78 is 4.96. The summed E-state index contributed by atoms with van der Waals surface area (Å²) in [7, 11) is 0. The number of ether oxygens (including phenoxy) is 1. The van der Waals surface area contributed by atoms with Gasteiger partial charge in [0.05, 0.1) is 6.61 Å². The monoisotopic (exact) mass is 264 g/mol. The van der Waals surface area contributed by atoms with Gasteiger partial charge in [0.15, 0.2) is 0 Å². The summed E-state index contributed by atoms with van der Waals surface area (Å²) in [6, 6.07) is -0.0188. The van der Waals surface area contributed by atoms with Crippen LogP contribution in [-0.2, 0) is 9.53 Å². The van der Waals surface area contributed by atoms with Crippen molar-refractivity contribution in [2.45, 2.75) is 38.3 Å². The van der Waals surface area contributed by atoms with Gasteiger partial charge in [0.25, 0.3) is 0 Å². The predicted molar refractivity (Wildman–Crippen MR) is 71.5 cm³/mol. The van der Waals surface area contributed by atoms with Crippen LogP contribution in [0.5, 0.6) is 0 Å². The molecule has 2 saturated heterocycles. The van der Waals surface area contributed by atoms with Crippen molar-refractivity contribution < 1.29 is 19.4 Å². The van der Waals surface area contributed by atoms with E-state index in [-0.39, 0.29) is 31.0 Å². The molecule has 1 unspecified atom stereocenters. The Morgan fingerprint density at radius 3 is 2.26 bits per heavy atom. The van der Waals surface area contributed by atoms with Crippen LogP contribution in [0, 0.1) is 0 Å². The van der Waals surface area contributed by atoms with Gasteiger partial charge in [-0.1, -0.05) is 0 Å². The van der Waals surface area contributed by atoms with Gasteiger partial charge in [-0.15, -0.1) is 0 Å². The molecular weight excluding hydrogens is 243 g/mol. The van der Waals surface area contributed by atoms with E-state index in [0.717, 1.165) is 25.8 Å². The van der Waals surface area contributed by atoms with Crippen LogP contribution in [0.15, 0.2) is 0 Å². The minimum absolute atomic E-state index is 0. The number of likely N-dealkylation sites (tertiary alicyclic amines) is 2. The number of piperidine rings is 1. The molecule has 104 valence electrons. The minimum atomic E-state index is -0.728. The second-order valence-corrected chi connectivity index (χ2v) is 4.80. The average Bonchev–Trinajstić information content (AvgIpc) is 2.28. The Hall–Kier alpha value is -0.703. The number of carbonyl (C=O) groups excluding carboxylic acids is 1. The van der Waals surface area contributed by atoms with E-state index < -0.39 is 5.97 Å². The molecule has 19 heavy (non-hydrogen) atoms. The zero-order valence-electron chi connectivity index (χ0n) is 10.7. The van der Waals surface area contributed by atoms with Gasteiger partial charge in [-0.05, 0) is 26.2 Å². The number of nitrogens with zero attached hydrogens (tertiary/aromatic N) is 2. The van der Waals surface area contributed by atoms with E-state index in [4.69, 9.17) is 9.84 Å². The molecule has 2 aliphatic rings. The standard InChI is InChI=1S/C12H20N2O4.Li.H/c1-2-18-12(17)13-6-3-9(4-7-13)14-8-5-10(14)11(15)16;;/h9-10H,2-8H2,1H3,(H,15,16);;. The van der Waals surface area contributed by atoms with Crippen LogP contribution >= 0.6 is 0 Å². The number of rotatable bonds is 3. The van der Waals surface area contributed by atoms with E-state index in [2.05, 4.69) is 0 Å². The van der Waals surface area contributed by atoms with Crippen molar-refractivity contribution in [3.8, 4) is 0 Å². The quantitative estimate of drug-likeness (QED) is 0.733. The summed E-state index contributed by atoms with van der Waals surface area (Å²) in [6.07, 6.45) is 2.16. The fourth-order valence-electron chi connectivity index (χ4n) is 2.70. The molecule has 1 amide bonds. The van der Waals surface area contributed by atoms with Gasteiger partial charge in [0.2, 0.25) is 0 Å². The van der Waals surface area contributed by atoms with Crippen molar-refractivity contribution in [2.75, 3.05) is 26.2 Å². The summed E-state index contributed by atoms with van der Waals surface area (Å²) in [6.45, 7) is 4.37. The molecule has 0 spiro atoms. The third-order valence-electron chi connectivity index (χ3n) is 3.81. The van der Waals surface area contributed by atoms with E-state index in [0.29, 0.717) is 25.7 Å². The molecule has 2 fully saturated rings. The van der Waals surface area contributed by atoms with E-state index >= 15 is 0 Å². The number of carboxylic acid groups (broad SMARTS) is 1. The molecule has 2 heterocycles. The first-order valence-electron chi connectivity index (χ1n) is 6.53. The van der Waals surface area contributed by atoms with Crippen LogP contribution in [0.4, 0.5) is 4.79 Å². The van der Waals surface area contributed by atoms with Gasteiger partial charge in [0.1, 0.15) is 6.04 Å². The zero-order chi connectivity index (χ0) is 13.1. The average molecular weight is 264 g/mol. The molecule has 1 N–H and O–H groups in total. The molecule has 1 atom stereocenters. The van der Waals surface area contributed by atoms with Crippen LogP contribution in [0.3, 0.4) is 0 Å². The summed E-state index contributed by atoms with van der Waals surface area (Å²) in [5, 5.41) is 9.02. The SMILES string of the molecule is CCOC(=O)N1CCC(N2CCC2C(=O)O)CC1.[LiH]. The molecule has 0 bridgehead atoms. The van der Waals surface area contributed by atoms with Crippen molar-refractivity contribution >= 4 is 30.9 Å². The molecule has 6 nitrogen and oxygen atoms in total. The number of carboxylic acids is 1. The van der Waals surface area contributed by atoms with Crippen molar-refractivity contribution in [3.05, 3.63) is 0 Å². The predicted octanol–water partition coefficient (Wildman–Crippen LogP) is 0.118. The van der Waals surface area contributed by atoms with Crippen LogP contribution < -0.4 is 0 Å². The Bertz CT molecular complexity index is 332. The first-order valence-corrected chi connectivity index (χ1v) is 6.53. The number of aliphatic carboxylic acids is 1. The maximum absolute atomic E-state index is 11.5. The summed E-state index contributed by atoms with van der Waals surface area (Å²) in [4.78, 5) is 26.2. The summed E-state index contributed by atoms with van der Waals surface area (Å²) >= 11 is 0. The molecule has 2 aliphatic heterocycles. The van der Waals surface area contributed by atoms with Crippen LogP contribution in [-0.4, -0.2) is 84.2 Å². The van der Waals surface area contributed by atoms with Gasteiger partial charge in [-0.3, -0.25) is 9.69 Å². The Kier molecular flexibility index (Phi) is 6.18. The second-order valence-electron chi connectivity index (χ2n) is 4.80. The summed E-state index contributed by atoms with van der Waals surface area (Å²) in [5.74, 6) is -0.728. The molecule has 2 rings (SSSR count). The molecule has 0 aromatic carbocycles. The van der Waals surface area contributed by atoms with Gasteiger partial charge in [-0.2, -0.15) is 0 Å². The van der Waals surface area contributed by atoms with Crippen LogP contribution in [0.1, 0.15) is 26.2 Å². The third kappa shape index (κ3) is 3.65. The van der Waals surface area contributed by atoms with Gasteiger partial charge < -0.3 is 14.7 Å². The molecule has 7 heteroatoms. The van der Waals surface area contributed by atoms with Crippen LogP contribution in [0.2, 0.25) is 0 Å². The Balaban J connectivity index is 0.00000180. The van der Waals surface area contributed by atoms with Crippen molar-refractivity contribution in [1.82, 2.24) is 9.80 Å². The third-order valence-corrected chi connectivity index (χ3v) is 3.81. The molecule has 0 saturated carbocycles. The van der Waals surface area contributed by atoms with Gasteiger partial charge in [-0.25, -0.2) is 4.79 Å². The Labute approximate surface area is 125 Å². The maximum atomic E-state index is 11.5. The van der Waals surface area contributed by atoms with Crippen LogP contribution in [0.25, 0.3) is 0 Å². The van der Waals surface area contributed by atoms with E-state index in [1.54, 1.807) is 11.8 Å². The number of carbonyl (C=O) groups is 2. The van der Waals surface area contributed by atoms with E-state index in [9.17, 15) is 9.59 Å². The van der Waals surface area contributed by atoms with Gasteiger partial charge >= 0.3 is 30.9 Å². The fourth-order valence-corrected chi connectivity index (χ4v) is 2.70. The topological polar surface area (TPSA) is 70.1 Å². The normalized spacial score (nSPS) is 24.3. The summed E-state index contributed by atoms with van der Waals surface area (Å²) in [5.41, 5.74) is 0. The van der Waals surface area contributed by atoms with Gasteiger partial charge in [0, 0.05) is 25.7 Å². The van der Waals surface area contributed by atoms with E-state index in [1.165, 1.54) is 0 Å². The molecule has 0 aromatic rings. The Morgan fingerprint density at radius 2 is 1.84 bits per heavy atom. The van der Waals surface area contributed by atoms with Crippen molar-refractivity contribution in [3.63, 3.8) is 0 Å². The number of hydrogen-bond acceptors (Lipinski definition) is 4. The number of hydrogen-bond donors (Lipinski definition) is 1. The first-order chi connectivity index (χ1) is 8.63. The molecule has 0 radical (unpaired) electrons. The first kappa shape index (κ1) is 16.4. The fraction of sp³-hybridized carbons (Fsp3) is 0.833. The molecular formula is C12H21LiN2O4. The molecule has 0 aliphatic carbocycles. The Morgan fingerprint density at radius 1 is 1.21 bits per heavy atom. The number of amides is 1. The zero-order valence-corrected chi connectivity index (χ0v) is 10.7.